The molecule has 2 aromatic rings. The molecular weight excluding hydrogens is 289 g/mol. The predicted molar refractivity (Wildman–Crippen MR) is 87.9 cm³/mol. The summed E-state index contributed by atoms with van der Waals surface area (Å²) in [4.78, 5) is 0. The largest absolute Gasteiger partial charge is 0.316 e. The number of rotatable bonds is 6. The molecule has 2 aromatic carbocycles. The summed E-state index contributed by atoms with van der Waals surface area (Å²) >= 11 is 11.9. The van der Waals surface area contributed by atoms with Gasteiger partial charge in [-0.1, -0.05) is 54.4 Å². The molecule has 20 heavy (non-hydrogen) atoms. The van der Waals surface area contributed by atoms with E-state index in [1.807, 2.05) is 24.3 Å². The van der Waals surface area contributed by atoms with Gasteiger partial charge in [0, 0.05) is 22.5 Å². The summed E-state index contributed by atoms with van der Waals surface area (Å²) in [6.07, 6.45) is 0.992. The third-order valence-corrected chi connectivity index (χ3v) is 3.88. The van der Waals surface area contributed by atoms with Gasteiger partial charge in [-0.05, 0) is 48.4 Å². The maximum Gasteiger partial charge on any atom is 0.0406 e. The van der Waals surface area contributed by atoms with Gasteiger partial charge in [0.15, 0.2) is 0 Å². The van der Waals surface area contributed by atoms with Crippen LogP contribution in [0.5, 0.6) is 0 Å². The first-order chi connectivity index (χ1) is 9.69. The summed E-state index contributed by atoms with van der Waals surface area (Å²) < 4.78 is 0. The average Bonchev–Trinajstić information content (AvgIpc) is 2.46. The van der Waals surface area contributed by atoms with E-state index in [-0.39, 0.29) is 0 Å². The minimum Gasteiger partial charge on any atom is -0.316 e. The predicted octanol–water partition coefficient (Wildman–Crippen LogP) is 4.93. The standard InChI is InChI=1S/C17H19Cl2N/c1-2-20-12-15(14-5-9-17(19)10-6-14)11-13-3-7-16(18)8-4-13/h3-10,15,20H,2,11-12H2,1H3. The third-order valence-electron chi connectivity index (χ3n) is 3.38. The maximum absolute atomic E-state index is 5.97. The summed E-state index contributed by atoms with van der Waals surface area (Å²) in [6.45, 7) is 4.06. The van der Waals surface area contributed by atoms with Gasteiger partial charge in [-0.3, -0.25) is 0 Å². The van der Waals surface area contributed by atoms with Gasteiger partial charge < -0.3 is 5.32 Å². The lowest BCUT2D eigenvalue weighted by Gasteiger charge is -2.18. The molecule has 0 aliphatic carbocycles. The molecule has 3 heteroatoms. The normalized spacial score (nSPS) is 12.3. The lowest BCUT2D eigenvalue weighted by atomic mass is 9.92. The first-order valence-corrected chi connectivity index (χ1v) is 7.65. The van der Waals surface area contributed by atoms with E-state index >= 15 is 0 Å². The molecule has 0 amide bonds. The van der Waals surface area contributed by atoms with Crippen LogP contribution in [0.4, 0.5) is 0 Å². The lowest BCUT2D eigenvalue weighted by Crippen LogP contribution is -2.22. The Kier molecular flexibility index (Phi) is 5.90. The van der Waals surface area contributed by atoms with Crippen LogP contribution in [0, 0.1) is 0 Å². The van der Waals surface area contributed by atoms with Crippen molar-refractivity contribution in [3.8, 4) is 0 Å². The van der Waals surface area contributed by atoms with E-state index in [4.69, 9.17) is 23.2 Å². The summed E-state index contributed by atoms with van der Waals surface area (Å²) in [5.74, 6) is 0.438. The molecule has 0 saturated heterocycles. The molecule has 1 nitrogen and oxygen atoms in total. The number of nitrogens with one attached hydrogen (secondary N) is 1. The number of benzene rings is 2. The maximum atomic E-state index is 5.97. The second-order valence-corrected chi connectivity index (χ2v) is 5.76. The van der Waals surface area contributed by atoms with Crippen LogP contribution < -0.4 is 5.32 Å². The Balaban J connectivity index is 2.14. The Hall–Kier alpha value is -1.02. The highest BCUT2D eigenvalue weighted by atomic mass is 35.5. The molecule has 0 heterocycles. The van der Waals surface area contributed by atoms with Crippen LogP contribution in [0.2, 0.25) is 10.0 Å². The number of likely N-dealkylation sites (N-methyl/N-ethyl adjacent to an activating group) is 1. The van der Waals surface area contributed by atoms with Crippen molar-refractivity contribution in [2.75, 3.05) is 13.1 Å². The number of hydrogen-bond acceptors (Lipinski definition) is 1. The van der Waals surface area contributed by atoms with Crippen LogP contribution in [-0.4, -0.2) is 13.1 Å². The van der Waals surface area contributed by atoms with Crippen molar-refractivity contribution in [3.05, 3.63) is 69.7 Å². The topological polar surface area (TPSA) is 12.0 Å². The van der Waals surface area contributed by atoms with Gasteiger partial charge in [-0.2, -0.15) is 0 Å². The molecule has 106 valence electrons. The highest BCUT2D eigenvalue weighted by molar-refractivity contribution is 6.30. The zero-order valence-electron chi connectivity index (χ0n) is 11.6. The van der Waals surface area contributed by atoms with E-state index in [1.54, 1.807) is 0 Å². The second kappa shape index (κ2) is 7.68. The van der Waals surface area contributed by atoms with Crippen LogP contribution in [0.3, 0.4) is 0 Å². The highest BCUT2D eigenvalue weighted by Gasteiger charge is 2.12. The molecule has 0 saturated carbocycles. The van der Waals surface area contributed by atoms with Crippen molar-refractivity contribution < 1.29 is 0 Å². The summed E-state index contributed by atoms with van der Waals surface area (Å²) in [5, 5.41) is 5.00. The van der Waals surface area contributed by atoms with Crippen molar-refractivity contribution >= 4 is 23.2 Å². The number of hydrogen-bond donors (Lipinski definition) is 1. The van der Waals surface area contributed by atoms with Gasteiger partial charge in [0.2, 0.25) is 0 Å². The van der Waals surface area contributed by atoms with Crippen LogP contribution in [0.1, 0.15) is 24.0 Å². The van der Waals surface area contributed by atoms with E-state index in [0.717, 1.165) is 29.6 Å². The van der Waals surface area contributed by atoms with E-state index in [2.05, 4.69) is 36.5 Å². The van der Waals surface area contributed by atoms with Gasteiger partial charge in [0.25, 0.3) is 0 Å². The zero-order chi connectivity index (χ0) is 14.4. The van der Waals surface area contributed by atoms with E-state index in [0.29, 0.717) is 5.92 Å². The Bertz CT molecular complexity index is 520. The highest BCUT2D eigenvalue weighted by Crippen LogP contribution is 2.23. The fourth-order valence-electron chi connectivity index (χ4n) is 2.27. The fourth-order valence-corrected chi connectivity index (χ4v) is 2.52. The molecule has 1 N–H and O–H groups in total. The minimum absolute atomic E-state index is 0.438. The van der Waals surface area contributed by atoms with Gasteiger partial charge in [0.05, 0.1) is 0 Å². The van der Waals surface area contributed by atoms with Gasteiger partial charge in [-0.25, -0.2) is 0 Å². The fraction of sp³-hybridized carbons (Fsp3) is 0.294. The van der Waals surface area contributed by atoms with E-state index in [9.17, 15) is 0 Å². The molecule has 0 radical (unpaired) electrons. The quantitative estimate of drug-likeness (QED) is 0.798. The summed E-state index contributed by atoms with van der Waals surface area (Å²) in [6, 6.07) is 16.2. The van der Waals surface area contributed by atoms with Gasteiger partial charge in [-0.15, -0.1) is 0 Å². The van der Waals surface area contributed by atoms with Crippen LogP contribution in [0.15, 0.2) is 48.5 Å². The summed E-state index contributed by atoms with van der Waals surface area (Å²) in [5.41, 5.74) is 2.61. The second-order valence-electron chi connectivity index (χ2n) is 4.89. The van der Waals surface area contributed by atoms with Crippen LogP contribution in [0.25, 0.3) is 0 Å². The molecule has 2 rings (SSSR count). The Labute approximate surface area is 130 Å². The smallest absolute Gasteiger partial charge is 0.0406 e. The van der Waals surface area contributed by atoms with Crippen molar-refractivity contribution in [1.82, 2.24) is 5.32 Å². The van der Waals surface area contributed by atoms with Crippen molar-refractivity contribution in [1.29, 1.82) is 0 Å². The summed E-state index contributed by atoms with van der Waals surface area (Å²) in [7, 11) is 0. The SMILES string of the molecule is CCNCC(Cc1ccc(Cl)cc1)c1ccc(Cl)cc1. The van der Waals surface area contributed by atoms with Crippen molar-refractivity contribution in [2.24, 2.45) is 0 Å². The average molecular weight is 308 g/mol. The Morgan fingerprint density at radius 1 is 0.900 bits per heavy atom. The molecular formula is C17H19Cl2N. The van der Waals surface area contributed by atoms with Crippen molar-refractivity contribution in [2.45, 2.75) is 19.3 Å². The third kappa shape index (κ3) is 4.52. The monoisotopic (exact) mass is 307 g/mol. The Morgan fingerprint density at radius 3 is 2.00 bits per heavy atom. The first-order valence-electron chi connectivity index (χ1n) is 6.89. The van der Waals surface area contributed by atoms with Crippen LogP contribution in [-0.2, 0) is 6.42 Å². The van der Waals surface area contributed by atoms with E-state index in [1.165, 1.54) is 11.1 Å². The molecule has 0 aromatic heterocycles. The lowest BCUT2D eigenvalue weighted by molar-refractivity contribution is 0.595. The molecule has 0 fully saturated rings. The number of halogens is 2. The molecule has 0 spiro atoms. The molecule has 1 atom stereocenters. The Morgan fingerprint density at radius 2 is 1.45 bits per heavy atom. The van der Waals surface area contributed by atoms with Gasteiger partial charge >= 0.3 is 0 Å². The minimum atomic E-state index is 0.438. The molecule has 0 aliphatic heterocycles. The molecule has 1 unspecified atom stereocenters. The zero-order valence-corrected chi connectivity index (χ0v) is 13.1. The molecule has 0 bridgehead atoms. The van der Waals surface area contributed by atoms with E-state index < -0.39 is 0 Å². The van der Waals surface area contributed by atoms with Crippen molar-refractivity contribution in [3.63, 3.8) is 0 Å². The van der Waals surface area contributed by atoms with Gasteiger partial charge in [0.1, 0.15) is 0 Å². The first kappa shape index (κ1) is 15.4. The molecule has 0 aliphatic rings. The van der Waals surface area contributed by atoms with Crippen LogP contribution >= 0.6 is 23.2 Å².